The molecule has 0 fully saturated rings. The maximum absolute atomic E-state index is 11.7. The van der Waals surface area contributed by atoms with Crippen molar-refractivity contribution in [3.8, 4) is 5.69 Å². The second-order valence-corrected chi connectivity index (χ2v) is 4.29. The van der Waals surface area contributed by atoms with Crippen molar-refractivity contribution in [1.29, 1.82) is 0 Å². The summed E-state index contributed by atoms with van der Waals surface area (Å²) >= 11 is 0. The molecule has 0 saturated heterocycles. The van der Waals surface area contributed by atoms with Crippen LogP contribution in [0.2, 0.25) is 0 Å². The van der Waals surface area contributed by atoms with Crippen molar-refractivity contribution >= 4 is 11.6 Å². The van der Waals surface area contributed by atoms with E-state index < -0.39 is 0 Å². The van der Waals surface area contributed by atoms with Crippen molar-refractivity contribution in [1.82, 2.24) is 15.0 Å². The number of carbonyl (C=O) groups excluding carboxylic acids is 1. The summed E-state index contributed by atoms with van der Waals surface area (Å²) in [6, 6.07) is 7.22. The molecule has 0 radical (unpaired) electrons. The molecule has 0 spiro atoms. The summed E-state index contributed by atoms with van der Waals surface area (Å²) in [5.41, 5.74) is 7.32. The molecule has 1 unspecified atom stereocenters. The van der Waals surface area contributed by atoms with Crippen LogP contribution in [0.15, 0.2) is 36.7 Å². The zero-order valence-electron chi connectivity index (χ0n) is 10.8. The zero-order valence-corrected chi connectivity index (χ0v) is 10.8. The molecule has 0 saturated carbocycles. The molecule has 19 heavy (non-hydrogen) atoms. The molecule has 0 aliphatic heterocycles. The predicted molar refractivity (Wildman–Crippen MR) is 72.9 cm³/mol. The Kier molecular flexibility index (Phi) is 4.25. The number of anilines is 1. The Morgan fingerprint density at radius 1 is 1.32 bits per heavy atom. The van der Waals surface area contributed by atoms with Gasteiger partial charge in [0.15, 0.2) is 0 Å². The molecule has 0 aliphatic rings. The standard InChI is InChI=1S/C13H17N5O/c1-2-10(14)9-13(19)17-11-3-5-12(6-4-11)18-15-7-8-16-18/h3-8,10H,2,9,14H2,1H3,(H,17,19). The number of aromatic nitrogens is 3. The van der Waals surface area contributed by atoms with Gasteiger partial charge in [-0.15, -0.1) is 0 Å². The van der Waals surface area contributed by atoms with Gasteiger partial charge >= 0.3 is 0 Å². The van der Waals surface area contributed by atoms with Gasteiger partial charge in [0.1, 0.15) is 0 Å². The van der Waals surface area contributed by atoms with Crippen LogP contribution in [0, 0.1) is 0 Å². The molecule has 6 nitrogen and oxygen atoms in total. The molecule has 1 atom stereocenters. The van der Waals surface area contributed by atoms with Gasteiger partial charge in [0.05, 0.1) is 18.1 Å². The number of benzene rings is 1. The zero-order chi connectivity index (χ0) is 13.7. The molecule has 2 aromatic rings. The lowest BCUT2D eigenvalue weighted by molar-refractivity contribution is -0.116. The van der Waals surface area contributed by atoms with Crippen molar-refractivity contribution in [3.05, 3.63) is 36.7 Å². The Balaban J connectivity index is 1.97. The Bertz CT molecular complexity index is 520. The largest absolute Gasteiger partial charge is 0.327 e. The summed E-state index contributed by atoms with van der Waals surface area (Å²) in [4.78, 5) is 13.2. The highest BCUT2D eigenvalue weighted by Crippen LogP contribution is 2.12. The minimum atomic E-state index is -0.0902. The third kappa shape index (κ3) is 3.62. The maximum atomic E-state index is 11.7. The number of amides is 1. The third-order valence-electron chi connectivity index (χ3n) is 2.77. The fraction of sp³-hybridized carbons (Fsp3) is 0.308. The molecular weight excluding hydrogens is 242 g/mol. The molecule has 6 heteroatoms. The van der Waals surface area contributed by atoms with E-state index in [4.69, 9.17) is 5.73 Å². The quantitative estimate of drug-likeness (QED) is 0.848. The fourth-order valence-electron chi connectivity index (χ4n) is 1.62. The first-order valence-corrected chi connectivity index (χ1v) is 6.21. The number of nitrogens with one attached hydrogen (secondary N) is 1. The summed E-state index contributed by atoms with van der Waals surface area (Å²) in [6.45, 7) is 1.96. The van der Waals surface area contributed by atoms with Crippen LogP contribution in [-0.2, 0) is 4.79 Å². The summed E-state index contributed by atoms with van der Waals surface area (Å²) < 4.78 is 0. The van der Waals surface area contributed by atoms with Crippen LogP contribution < -0.4 is 11.1 Å². The molecule has 3 N–H and O–H groups in total. The summed E-state index contributed by atoms with van der Waals surface area (Å²) in [5, 5.41) is 10.9. The van der Waals surface area contributed by atoms with Gasteiger partial charge in [0.2, 0.25) is 5.91 Å². The lowest BCUT2D eigenvalue weighted by Gasteiger charge is -2.09. The Labute approximate surface area is 111 Å². The number of hydrogen-bond donors (Lipinski definition) is 2. The van der Waals surface area contributed by atoms with Gasteiger partial charge in [-0.05, 0) is 30.7 Å². The van der Waals surface area contributed by atoms with Crippen molar-refractivity contribution < 1.29 is 4.79 Å². The highest BCUT2D eigenvalue weighted by atomic mass is 16.1. The normalized spacial score (nSPS) is 12.1. The fourth-order valence-corrected chi connectivity index (χ4v) is 1.62. The number of nitrogens with two attached hydrogens (primary N) is 1. The van der Waals surface area contributed by atoms with E-state index in [9.17, 15) is 4.79 Å². The topological polar surface area (TPSA) is 85.8 Å². The van der Waals surface area contributed by atoms with E-state index >= 15 is 0 Å². The highest BCUT2D eigenvalue weighted by molar-refractivity contribution is 5.91. The first kappa shape index (κ1) is 13.2. The van der Waals surface area contributed by atoms with E-state index in [0.29, 0.717) is 6.42 Å². The van der Waals surface area contributed by atoms with Crippen molar-refractivity contribution in [2.24, 2.45) is 5.73 Å². The van der Waals surface area contributed by atoms with E-state index in [1.54, 1.807) is 12.4 Å². The van der Waals surface area contributed by atoms with Crippen LogP contribution >= 0.6 is 0 Å². The predicted octanol–water partition coefficient (Wildman–Crippen LogP) is 1.33. The van der Waals surface area contributed by atoms with Gasteiger partial charge in [-0.3, -0.25) is 4.79 Å². The monoisotopic (exact) mass is 259 g/mol. The average Bonchev–Trinajstić information content (AvgIpc) is 2.93. The van der Waals surface area contributed by atoms with E-state index in [0.717, 1.165) is 17.8 Å². The van der Waals surface area contributed by atoms with Gasteiger partial charge in [0.25, 0.3) is 0 Å². The minimum Gasteiger partial charge on any atom is -0.327 e. The lowest BCUT2D eigenvalue weighted by Crippen LogP contribution is -2.26. The van der Waals surface area contributed by atoms with Gasteiger partial charge in [-0.1, -0.05) is 6.92 Å². The van der Waals surface area contributed by atoms with E-state index in [-0.39, 0.29) is 11.9 Å². The summed E-state index contributed by atoms with van der Waals surface area (Å²) in [6.07, 6.45) is 4.35. The molecule has 1 heterocycles. The highest BCUT2D eigenvalue weighted by Gasteiger charge is 2.07. The van der Waals surface area contributed by atoms with Crippen molar-refractivity contribution in [3.63, 3.8) is 0 Å². The SMILES string of the molecule is CCC(N)CC(=O)Nc1ccc(-n2nccn2)cc1. The average molecular weight is 259 g/mol. The van der Waals surface area contributed by atoms with Gasteiger partial charge in [-0.2, -0.15) is 15.0 Å². The smallest absolute Gasteiger partial charge is 0.225 e. The van der Waals surface area contributed by atoms with Gasteiger partial charge in [-0.25, -0.2) is 0 Å². The van der Waals surface area contributed by atoms with Gasteiger partial charge < -0.3 is 11.1 Å². The first-order chi connectivity index (χ1) is 9.19. The molecule has 1 aromatic heterocycles. The van der Waals surface area contributed by atoms with Crippen LogP contribution in [0.1, 0.15) is 19.8 Å². The maximum Gasteiger partial charge on any atom is 0.225 e. The number of nitrogens with zero attached hydrogens (tertiary/aromatic N) is 3. The van der Waals surface area contributed by atoms with Crippen LogP contribution in [-0.4, -0.2) is 26.9 Å². The molecule has 0 bridgehead atoms. The van der Waals surface area contributed by atoms with E-state index in [2.05, 4.69) is 15.5 Å². The minimum absolute atomic E-state index is 0.0701. The number of carbonyl (C=O) groups is 1. The Hall–Kier alpha value is -2.21. The molecule has 1 amide bonds. The van der Waals surface area contributed by atoms with Crippen LogP contribution in [0.25, 0.3) is 5.69 Å². The van der Waals surface area contributed by atoms with Crippen LogP contribution in [0.3, 0.4) is 0 Å². The first-order valence-electron chi connectivity index (χ1n) is 6.21. The number of hydrogen-bond acceptors (Lipinski definition) is 4. The van der Waals surface area contributed by atoms with E-state index in [1.165, 1.54) is 4.80 Å². The number of rotatable bonds is 5. The van der Waals surface area contributed by atoms with Gasteiger partial charge in [0, 0.05) is 18.2 Å². The molecule has 2 rings (SSSR count). The third-order valence-corrected chi connectivity index (χ3v) is 2.77. The molecular formula is C13H17N5O. The molecule has 100 valence electrons. The van der Waals surface area contributed by atoms with Crippen molar-refractivity contribution in [2.75, 3.05) is 5.32 Å². The second kappa shape index (κ2) is 6.10. The Morgan fingerprint density at radius 3 is 2.53 bits per heavy atom. The lowest BCUT2D eigenvalue weighted by atomic mass is 10.1. The molecule has 0 aliphatic carbocycles. The summed E-state index contributed by atoms with van der Waals surface area (Å²) in [7, 11) is 0. The molecule has 1 aromatic carbocycles. The van der Waals surface area contributed by atoms with Crippen LogP contribution in [0.5, 0.6) is 0 Å². The van der Waals surface area contributed by atoms with E-state index in [1.807, 2.05) is 31.2 Å². The van der Waals surface area contributed by atoms with Crippen molar-refractivity contribution in [2.45, 2.75) is 25.8 Å². The second-order valence-electron chi connectivity index (χ2n) is 4.29. The summed E-state index contributed by atoms with van der Waals surface area (Å²) in [5.74, 6) is -0.0701. The Morgan fingerprint density at radius 2 is 1.95 bits per heavy atom. The van der Waals surface area contributed by atoms with Crippen LogP contribution in [0.4, 0.5) is 5.69 Å².